The Morgan fingerprint density at radius 3 is 1.68 bits per heavy atom. The molecule has 1 unspecified atom stereocenters. The third-order valence-corrected chi connectivity index (χ3v) is 6.94. The molecule has 0 bridgehead atoms. The van der Waals surface area contributed by atoms with E-state index in [2.05, 4.69) is 49.6 Å². The van der Waals surface area contributed by atoms with Crippen LogP contribution < -0.4 is 4.57 Å². The average molecular weight is 434 g/mol. The second kappa shape index (κ2) is 19.9. The van der Waals surface area contributed by atoms with E-state index >= 15 is 0 Å². The van der Waals surface area contributed by atoms with Gasteiger partial charge in [0.15, 0.2) is 0 Å². The third-order valence-electron chi connectivity index (χ3n) is 6.94. The fourth-order valence-corrected chi connectivity index (χ4v) is 4.79. The zero-order valence-corrected chi connectivity index (χ0v) is 21.9. The van der Waals surface area contributed by atoms with Crippen LogP contribution in [0.4, 0.5) is 0 Å². The first-order valence-electron chi connectivity index (χ1n) is 14.2. The molecular weight excluding hydrogens is 376 g/mol. The smallest absolute Gasteiger partial charge is 0.248 e. The molecule has 0 spiro atoms. The summed E-state index contributed by atoms with van der Waals surface area (Å²) in [6.07, 6.45) is 32.5. The number of aromatic nitrogens is 2. The van der Waals surface area contributed by atoms with Crippen LogP contribution in [0.1, 0.15) is 162 Å². The predicted molar refractivity (Wildman–Crippen MR) is 138 cm³/mol. The van der Waals surface area contributed by atoms with Gasteiger partial charge in [-0.3, -0.25) is 0 Å². The molecule has 2 heteroatoms. The molecule has 1 N–H and O–H groups in total. The highest BCUT2D eigenvalue weighted by Gasteiger charge is 2.16. The molecule has 0 aliphatic heterocycles. The molecule has 182 valence electrons. The summed E-state index contributed by atoms with van der Waals surface area (Å²) in [5, 5.41) is 0. The van der Waals surface area contributed by atoms with Crippen LogP contribution in [0.25, 0.3) is 0 Å². The van der Waals surface area contributed by atoms with Crippen molar-refractivity contribution < 1.29 is 4.57 Å². The van der Waals surface area contributed by atoms with E-state index in [9.17, 15) is 0 Å². The second-order valence-corrected chi connectivity index (χ2v) is 10.5. The minimum Gasteiger partial charge on any atom is -0.248 e. The first kappa shape index (κ1) is 28.2. The van der Waals surface area contributed by atoms with Crippen LogP contribution in [0.15, 0.2) is 12.4 Å². The monoisotopic (exact) mass is 433 g/mol. The summed E-state index contributed by atoms with van der Waals surface area (Å²) in [4.78, 5) is 3.50. The second-order valence-electron chi connectivity index (χ2n) is 10.5. The zero-order chi connectivity index (χ0) is 22.6. The maximum atomic E-state index is 3.50. The lowest BCUT2D eigenvalue weighted by atomic mass is 10.0. The van der Waals surface area contributed by atoms with Gasteiger partial charge in [0.25, 0.3) is 5.82 Å². The lowest BCUT2D eigenvalue weighted by Gasteiger charge is -2.10. The van der Waals surface area contributed by atoms with Crippen LogP contribution in [0.2, 0.25) is 0 Å². The highest BCUT2D eigenvalue weighted by Crippen LogP contribution is 2.15. The van der Waals surface area contributed by atoms with Crippen LogP contribution in [-0.2, 0) is 6.42 Å². The van der Waals surface area contributed by atoms with Gasteiger partial charge in [-0.25, -0.2) is 9.55 Å². The molecular formula is C29H57N2+. The van der Waals surface area contributed by atoms with Gasteiger partial charge >= 0.3 is 0 Å². The number of imidazole rings is 1. The molecule has 0 aromatic carbocycles. The summed E-state index contributed by atoms with van der Waals surface area (Å²) < 4.78 is 2.50. The van der Waals surface area contributed by atoms with Crippen molar-refractivity contribution in [2.24, 2.45) is 5.92 Å². The van der Waals surface area contributed by atoms with Crippen molar-refractivity contribution in [1.82, 2.24) is 4.98 Å². The van der Waals surface area contributed by atoms with Gasteiger partial charge in [0.05, 0.1) is 6.04 Å². The van der Waals surface area contributed by atoms with E-state index in [1.54, 1.807) is 0 Å². The fraction of sp³-hybridized carbons (Fsp3) is 0.897. The van der Waals surface area contributed by atoms with Gasteiger partial charge in [-0.2, -0.15) is 0 Å². The fourth-order valence-electron chi connectivity index (χ4n) is 4.79. The summed E-state index contributed by atoms with van der Waals surface area (Å²) in [7, 11) is 0. The number of hydrogen-bond acceptors (Lipinski definition) is 0. The number of aryl methyl sites for hydroxylation is 1. The van der Waals surface area contributed by atoms with E-state index in [1.807, 2.05) is 0 Å². The van der Waals surface area contributed by atoms with Gasteiger partial charge in [0.2, 0.25) is 0 Å². The summed E-state index contributed by atoms with van der Waals surface area (Å²) in [5.74, 6) is 2.32. The van der Waals surface area contributed by atoms with Gasteiger partial charge in [-0.1, -0.05) is 124 Å². The summed E-state index contributed by atoms with van der Waals surface area (Å²) >= 11 is 0. The first-order chi connectivity index (χ1) is 15.1. The Balaban J connectivity index is 1.92. The molecule has 0 radical (unpaired) electrons. The molecule has 1 atom stereocenters. The topological polar surface area (TPSA) is 19.7 Å². The lowest BCUT2D eigenvalue weighted by molar-refractivity contribution is -0.726. The van der Waals surface area contributed by atoms with Crippen molar-refractivity contribution >= 4 is 0 Å². The maximum Gasteiger partial charge on any atom is 0.254 e. The Labute approximate surface area is 196 Å². The lowest BCUT2D eigenvalue weighted by Crippen LogP contribution is -2.39. The van der Waals surface area contributed by atoms with Crippen molar-refractivity contribution in [3.8, 4) is 0 Å². The number of rotatable bonds is 22. The largest absolute Gasteiger partial charge is 0.254 e. The molecule has 0 aliphatic rings. The van der Waals surface area contributed by atoms with Crippen LogP contribution in [0.3, 0.4) is 0 Å². The Morgan fingerprint density at radius 1 is 0.645 bits per heavy atom. The van der Waals surface area contributed by atoms with Crippen molar-refractivity contribution in [1.29, 1.82) is 0 Å². The number of hydrogen-bond donors (Lipinski definition) is 1. The van der Waals surface area contributed by atoms with Crippen LogP contribution >= 0.6 is 0 Å². The van der Waals surface area contributed by atoms with E-state index in [0.29, 0.717) is 6.04 Å². The molecule has 1 rings (SSSR count). The van der Waals surface area contributed by atoms with Gasteiger partial charge in [0, 0.05) is 6.42 Å². The highest BCUT2D eigenvalue weighted by molar-refractivity contribution is 4.78. The normalized spacial score (nSPS) is 12.7. The maximum absolute atomic E-state index is 3.50. The molecule has 31 heavy (non-hydrogen) atoms. The van der Waals surface area contributed by atoms with E-state index in [4.69, 9.17) is 0 Å². The van der Waals surface area contributed by atoms with E-state index in [1.165, 1.54) is 134 Å². The molecule has 0 saturated carbocycles. The Morgan fingerprint density at radius 2 is 1.13 bits per heavy atom. The Kier molecular flexibility index (Phi) is 18.1. The average Bonchev–Trinajstić information content (AvgIpc) is 3.22. The minimum absolute atomic E-state index is 0.637. The van der Waals surface area contributed by atoms with Crippen molar-refractivity contribution in [3.63, 3.8) is 0 Å². The molecule has 1 aromatic heterocycles. The van der Waals surface area contributed by atoms with Crippen molar-refractivity contribution in [2.45, 2.75) is 162 Å². The van der Waals surface area contributed by atoms with Crippen LogP contribution in [0, 0.1) is 5.92 Å². The van der Waals surface area contributed by atoms with E-state index in [0.717, 1.165) is 5.92 Å². The van der Waals surface area contributed by atoms with Gasteiger partial charge in [-0.15, -0.1) is 0 Å². The number of nitrogens with zero attached hydrogens (tertiary/aromatic N) is 1. The Bertz CT molecular complexity index is 491. The van der Waals surface area contributed by atoms with Crippen LogP contribution in [0.5, 0.6) is 0 Å². The zero-order valence-electron chi connectivity index (χ0n) is 21.9. The summed E-state index contributed by atoms with van der Waals surface area (Å²) in [6.45, 7) is 9.36. The number of nitrogens with one attached hydrogen (secondary N) is 1. The molecule has 0 aliphatic carbocycles. The molecule has 1 aromatic rings. The van der Waals surface area contributed by atoms with Gasteiger partial charge in [0.1, 0.15) is 12.4 Å². The summed E-state index contributed by atoms with van der Waals surface area (Å²) in [6, 6.07) is 0.637. The molecule has 1 heterocycles. The highest BCUT2D eigenvalue weighted by atomic mass is 15.1. The predicted octanol–water partition coefficient (Wildman–Crippen LogP) is 9.49. The minimum atomic E-state index is 0.637. The number of H-pyrrole nitrogens is 1. The van der Waals surface area contributed by atoms with Gasteiger partial charge in [-0.05, 0) is 32.1 Å². The Hall–Kier alpha value is -0.790. The molecule has 0 fully saturated rings. The van der Waals surface area contributed by atoms with Gasteiger partial charge < -0.3 is 0 Å². The van der Waals surface area contributed by atoms with E-state index < -0.39 is 0 Å². The third kappa shape index (κ3) is 15.6. The standard InChI is InChI=1S/C29H56N2/c1-5-6-7-20-23-28(4)31-26-25-30-29(31)24-21-18-16-14-12-10-8-9-11-13-15-17-19-22-27(2)3/h25-28H,5-24H2,1-4H3/p+1. The van der Waals surface area contributed by atoms with Crippen LogP contribution in [-0.4, -0.2) is 4.98 Å². The van der Waals surface area contributed by atoms with Crippen molar-refractivity contribution in [3.05, 3.63) is 18.2 Å². The van der Waals surface area contributed by atoms with Crippen molar-refractivity contribution in [2.75, 3.05) is 0 Å². The first-order valence-corrected chi connectivity index (χ1v) is 14.2. The number of unbranched alkanes of at least 4 members (excludes halogenated alkanes) is 15. The quantitative estimate of drug-likeness (QED) is 0.139. The SMILES string of the molecule is CCCCCCC(C)[n+]1cc[nH]c1CCCCCCCCCCCCCCCC(C)C. The molecule has 0 amide bonds. The molecule has 0 saturated heterocycles. The molecule has 2 nitrogen and oxygen atoms in total. The summed E-state index contributed by atoms with van der Waals surface area (Å²) in [5.41, 5.74) is 0. The van der Waals surface area contributed by atoms with E-state index in [-0.39, 0.29) is 0 Å². The number of aromatic amines is 1.